The van der Waals surface area contributed by atoms with Crippen LogP contribution in [0.5, 0.6) is 0 Å². The van der Waals surface area contributed by atoms with Gasteiger partial charge in [-0.3, -0.25) is 10.1 Å². The Labute approximate surface area is 168 Å². The molecule has 28 heavy (non-hydrogen) atoms. The molecule has 2 fully saturated rings. The standard InChI is InChI=1S/C20H25N3O4S/c24-19(23-27-18-8-4-5-10-25-18)20(9-11-28-14-20)21-13-16-12-17(26-22-16)15-6-2-1-3-7-15/h1-3,6-7,12,18,21H,4-5,8-11,13-14H2,(H,23,24). The van der Waals surface area contributed by atoms with E-state index in [1.807, 2.05) is 36.4 Å². The summed E-state index contributed by atoms with van der Waals surface area (Å²) in [6.45, 7) is 1.12. The molecule has 150 valence electrons. The van der Waals surface area contributed by atoms with E-state index in [0.29, 0.717) is 18.9 Å². The van der Waals surface area contributed by atoms with Crippen LogP contribution in [0, 0.1) is 0 Å². The van der Waals surface area contributed by atoms with Crippen LogP contribution in [0.25, 0.3) is 11.3 Å². The maximum atomic E-state index is 12.8. The molecule has 0 aliphatic carbocycles. The van der Waals surface area contributed by atoms with Crippen molar-refractivity contribution < 1.29 is 18.9 Å². The van der Waals surface area contributed by atoms with Gasteiger partial charge in [0.05, 0.1) is 5.69 Å². The molecule has 0 bridgehead atoms. The number of nitrogens with one attached hydrogen (secondary N) is 2. The molecule has 1 amide bonds. The lowest BCUT2D eigenvalue weighted by molar-refractivity contribution is -0.202. The molecule has 2 saturated heterocycles. The number of aromatic nitrogens is 1. The van der Waals surface area contributed by atoms with Crippen molar-refractivity contribution in [2.24, 2.45) is 0 Å². The zero-order valence-corrected chi connectivity index (χ0v) is 16.5. The van der Waals surface area contributed by atoms with Gasteiger partial charge in [0, 0.05) is 37.0 Å². The molecule has 7 nitrogen and oxygen atoms in total. The molecule has 2 aliphatic rings. The second kappa shape index (κ2) is 9.09. The first-order valence-corrected chi connectivity index (χ1v) is 10.8. The van der Waals surface area contributed by atoms with Gasteiger partial charge >= 0.3 is 0 Å². The topological polar surface area (TPSA) is 85.6 Å². The van der Waals surface area contributed by atoms with E-state index in [1.165, 1.54) is 0 Å². The van der Waals surface area contributed by atoms with Crippen molar-refractivity contribution in [3.05, 3.63) is 42.1 Å². The maximum Gasteiger partial charge on any atom is 0.264 e. The average molecular weight is 404 g/mol. The van der Waals surface area contributed by atoms with Crippen LogP contribution in [-0.4, -0.2) is 41.0 Å². The summed E-state index contributed by atoms with van der Waals surface area (Å²) >= 11 is 1.75. The summed E-state index contributed by atoms with van der Waals surface area (Å²) in [6.07, 6.45) is 3.28. The van der Waals surface area contributed by atoms with Crippen LogP contribution in [0.3, 0.4) is 0 Å². The fourth-order valence-electron chi connectivity index (χ4n) is 3.38. The van der Waals surface area contributed by atoms with Crippen molar-refractivity contribution >= 4 is 17.7 Å². The molecular weight excluding hydrogens is 378 g/mol. The Kier molecular flexibility index (Phi) is 6.31. The first kappa shape index (κ1) is 19.4. The number of hydrogen-bond acceptors (Lipinski definition) is 7. The minimum atomic E-state index is -0.675. The van der Waals surface area contributed by atoms with Crippen LogP contribution >= 0.6 is 11.8 Å². The first-order chi connectivity index (χ1) is 13.8. The second-order valence-electron chi connectivity index (χ2n) is 7.13. The number of ether oxygens (including phenoxy) is 1. The van der Waals surface area contributed by atoms with Crippen LogP contribution < -0.4 is 10.8 Å². The number of thioether (sulfide) groups is 1. The van der Waals surface area contributed by atoms with Crippen LogP contribution in [-0.2, 0) is 20.9 Å². The smallest absolute Gasteiger partial charge is 0.264 e. The monoisotopic (exact) mass is 403 g/mol. The lowest BCUT2D eigenvalue weighted by Crippen LogP contribution is -2.57. The summed E-state index contributed by atoms with van der Waals surface area (Å²) in [4.78, 5) is 18.3. The summed E-state index contributed by atoms with van der Waals surface area (Å²) in [5.74, 6) is 2.18. The van der Waals surface area contributed by atoms with Gasteiger partial charge in [-0.15, -0.1) is 0 Å². The van der Waals surface area contributed by atoms with Gasteiger partial charge in [0.1, 0.15) is 5.54 Å². The third-order valence-corrected chi connectivity index (χ3v) is 6.29. The van der Waals surface area contributed by atoms with Gasteiger partial charge in [0.2, 0.25) is 0 Å². The number of carbonyl (C=O) groups is 1. The van der Waals surface area contributed by atoms with Crippen LogP contribution in [0.15, 0.2) is 40.9 Å². The van der Waals surface area contributed by atoms with Gasteiger partial charge in [0.25, 0.3) is 5.91 Å². The highest BCUT2D eigenvalue weighted by atomic mass is 32.2. The van der Waals surface area contributed by atoms with E-state index in [4.69, 9.17) is 14.1 Å². The van der Waals surface area contributed by atoms with Gasteiger partial charge in [-0.2, -0.15) is 11.8 Å². The van der Waals surface area contributed by atoms with E-state index < -0.39 is 5.54 Å². The van der Waals surface area contributed by atoms with E-state index in [1.54, 1.807) is 11.8 Å². The Hall–Kier alpha value is -1.87. The highest BCUT2D eigenvalue weighted by Gasteiger charge is 2.42. The maximum absolute atomic E-state index is 12.8. The van der Waals surface area contributed by atoms with Gasteiger partial charge in [-0.1, -0.05) is 35.5 Å². The molecule has 3 heterocycles. The third-order valence-electron chi connectivity index (χ3n) is 5.10. The van der Waals surface area contributed by atoms with Crippen LogP contribution in [0.2, 0.25) is 0 Å². The van der Waals surface area contributed by atoms with Crippen LogP contribution in [0.4, 0.5) is 0 Å². The van der Waals surface area contributed by atoms with Crippen molar-refractivity contribution in [1.82, 2.24) is 16.0 Å². The van der Waals surface area contributed by atoms with Gasteiger partial charge in [0.15, 0.2) is 12.1 Å². The van der Waals surface area contributed by atoms with Crippen LogP contribution in [0.1, 0.15) is 31.4 Å². The molecule has 1 aromatic heterocycles. The van der Waals surface area contributed by atoms with Gasteiger partial charge in [-0.25, -0.2) is 10.3 Å². The van der Waals surface area contributed by atoms with Crippen molar-refractivity contribution in [1.29, 1.82) is 0 Å². The zero-order chi connectivity index (χ0) is 19.2. The molecule has 2 atom stereocenters. The molecule has 8 heteroatoms. The predicted octanol–water partition coefficient (Wildman–Crippen LogP) is 2.88. The predicted molar refractivity (Wildman–Crippen MR) is 106 cm³/mol. The summed E-state index contributed by atoms with van der Waals surface area (Å²) in [6, 6.07) is 11.7. The molecule has 2 N–H and O–H groups in total. The quantitative estimate of drug-likeness (QED) is 0.688. The molecule has 2 aromatic rings. The Bertz CT molecular complexity index is 771. The lowest BCUT2D eigenvalue weighted by atomic mass is 9.98. The molecule has 0 radical (unpaired) electrons. The molecule has 0 saturated carbocycles. The number of hydroxylamine groups is 1. The molecule has 1 aromatic carbocycles. The largest absolute Gasteiger partial charge is 0.356 e. The second-order valence-corrected chi connectivity index (χ2v) is 8.24. The fraction of sp³-hybridized carbons (Fsp3) is 0.500. The molecule has 2 aliphatic heterocycles. The van der Waals surface area contributed by atoms with Crippen molar-refractivity contribution in [3.8, 4) is 11.3 Å². The third kappa shape index (κ3) is 4.57. The number of rotatable bonds is 7. The van der Waals surface area contributed by atoms with Gasteiger partial charge < -0.3 is 9.26 Å². The zero-order valence-electron chi connectivity index (χ0n) is 15.7. The molecule has 0 spiro atoms. The highest BCUT2D eigenvalue weighted by molar-refractivity contribution is 7.99. The van der Waals surface area contributed by atoms with E-state index in [0.717, 1.165) is 48.5 Å². The summed E-state index contributed by atoms with van der Waals surface area (Å²) in [5.41, 5.74) is 3.68. The molecule has 4 rings (SSSR count). The van der Waals surface area contributed by atoms with E-state index >= 15 is 0 Å². The Morgan fingerprint density at radius 3 is 2.96 bits per heavy atom. The average Bonchev–Trinajstić information content (AvgIpc) is 3.42. The minimum absolute atomic E-state index is 0.154. The lowest BCUT2D eigenvalue weighted by Gasteiger charge is -2.29. The minimum Gasteiger partial charge on any atom is -0.356 e. The van der Waals surface area contributed by atoms with Crippen molar-refractivity contribution in [2.45, 2.75) is 44.1 Å². The first-order valence-electron chi connectivity index (χ1n) is 9.67. The molecule has 2 unspecified atom stereocenters. The van der Waals surface area contributed by atoms with E-state index in [2.05, 4.69) is 16.0 Å². The van der Waals surface area contributed by atoms with Crippen molar-refractivity contribution in [3.63, 3.8) is 0 Å². The van der Waals surface area contributed by atoms with E-state index in [-0.39, 0.29) is 12.2 Å². The van der Waals surface area contributed by atoms with Crippen molar-refractivity contribution in [2.75, 3.05) is 18.1 Å². The number of amides is 1. The summed E-state index contributed by atoms with van der Waals surface area (Å²) in [5, 5.41) is 7.52. The number of carbonyl (C=O) groups excluding carboxylic acids is 1. The number of benzene rings is 1. The normalized spacial score (nSPS) is 24.9. The Morgan fingerprint density at radius 1 is 1.32 bits per heavy atom. The number of nitrogens with zero attached hydrogens (tertiary/aromatic N) is 1. The fourth-order valence-corrected chi connectivity index (χ4v) is 4.74. The molecular formula is C20H25N3O4S. The van der Waals surface area contributed by atoms with Gasteiger partial charge in [-0.05, 0) is 25.0 Å². The Balaban J connectivity index is 1.35. The summed E-state index contributed by atoms with van der Waals surface area (Å²) in [7, 11) is 0. The number of hydrogen-bond donors (Lipinski definition) is 2. The van der Waals surface area contributed by atoms with E-state index in [9.17, 15) is 4.79 Å². The summed E-state index contributed by atoms with van der Waals surface area (Å²) < 4.78 is 11.0. The SMILES string of the molecule is O=C(NOC1CCCCO1)C1(NCc2cc(-c3ccccc3)on2)CCSC1. The Morgan fingerprint density at radius 2 is 2.21 bits per heavy atom. The highest BCUT2D eigenvalue weighted by Crippen LogP contribution is 2.29.